The highest BCUT2D eigenvalue weighted by Gasteiger charge is 2.16. The Kier molecular flexibility index (Phi) is 6.90. The first-order valence-corrected chi connectivity index (χ1v) is 18.6. The minimum absolute atomic E-state index is 1.16. The van der Waals surface area contributed by atoms with Crippen molar-refractivity contribution >= 4 is 54.4 Å². The van der Waals surface area contributed by atoms with Crippen LogP contribution in [-0.4, -0.2) is 9.13 Å². The van der Waals surface area contributed by atoms with Gasteiger partial charge in [-0.25, -0.2) is 0 Å². The van der Waals surface area contributed by atoms with Gasteiger partial charge in [0.1, 0.15) is 0 Å². The third kappa shape index (κ3) is 4.88. The number of hydrogen-bond acceptors (Lipinski definition) is 0. The van der Waals surface area contributed by atoms with Gasteiger partial charge in [-0.15, -0.1) is 0 Å². The Hall–Kier alpha value is -7.16. The standard InChI is InChI=1S/C52H34N2/c1-2-11-35(12-3-1)40-15-10-16-43(31-40)53-49-19-8-6-17-45(49)47-33-41(26-29-51(47)53)37-21-23-38(24-22-37)42-27-30-52-48(34-42)46-18-7-9-20-50(46)54(52)44-28-25-36-13-4-5-14-39(36)32-44/h1-34H. The highest BCUT2D eigenvalue weighted by atomic mass is 15.0. The van der Waals surface area contributed by atoms with E-state index >= 15 is 0 Å². The molecule has 0 atom stereocenters. The predicted molar refractivity (Wildman–Crippen MR) is 229 cm³/mol. The largest absolute Gasteiger partial charge is 0.309 e. The van der Waals surface area contributed by atoms with Gasteiger partial charge in [0.05, 0.1) is 22.1 Å². The SMILES string of the molecule is c1ccc(-c2cccc(-n3c4ccccc4c4cc(-c5ccc(-c6ccc7c(c6)c6ccccc6n7-c6ccc7ccccc7c6)cc5)ccc43)c2)cc1. The third-order valence-electron chi connectivity index (χ3n) is 11.1. The van der Waals surface area contributed by atoms with Gasteiger partial charge in [-0.1, -0.05) is 146 Å². The molecule has 11 rings (SSSR count). The first-order valence-electron chi connectivity index (χ1n) is 18.6. The number of aromatic nitrogens is 2. The van der Waals surface area contributed by atoms with Crippen molar-refractivity contribution in [3.63, 3.8) is 0 Å². The van der Waals surface area contributed by atoms with E-state index in [1.165, 1.54) is 93.5 Å². The van der Waals surface area contributed by atoms with Crippen LogP contribution in [-0.2, 0) is 0 Å². The zero-order valence-corrected chi connectivity index (χ0v) is 29.5. The molecule has 0 bridgehead atoms. The van der Waals surface area contributed by atoms with E-state index in [1.807, 2.05) is 0 Å². The maximum absolute atomic E-state index is 2.40. The summed E-state index contributed by atoms with van der Waals surface area (Å²) in [6.45, 7) is 0. The Balaban J connectivity index is 0.971. The van der Waals surface area contributed by atoms with Gasteiger partial charge in [-0.3, -0.25) is 0 Å². The molecule has 2 heterocycles. The lowest BCUT2D eigenvalue weighted by molar-refractivity contribution is 1.18. The lowest BCUT2D eigenvalue weighted by Gasteiger charge is -2.11. The van der Waals surface area contributed by atoms with E-state index in [0.29, 0.717) is 0 Å². The van der Waals surface area contributed by atoms with Crippen LogP contribution in [0, 0.1) is 0 Å². The lowest BCUT2D eigenvalue weighted by Crippen LogP contribution is -1.94. The van der Waals surface area contributed by atoms with Crippen molar-refractivity contribution in [3.05, 3.63) is 206 Å². The number of benzene rings is 9. The van der Waals surface area contributed by atoms with Crippen molar-refractivity contribution in [1.82, 2.24) is 9.13 Å². The predicted octanol–water partition coefficient (Wildman–Crippen LogP) is 14.0. The summed E-state index contributed by atoms with van der Waals surface area (Å²) in [6.07, 6.45) is 0. The molecule has 252 valence electrons. The highest BCUT2D eigenvalue weighted by molar-refractivity contribution is 6.12. The fourth-order valence-electron chi connectivity index (χ4n) is 8.49. The van der Waals surface area contributed by atoms with E-state index in [0.717, 1.165) is 5.69 Å². The Morgan fingerprint density at radius 1 is 0.222 bits per heavy atom. The summed E-state index contributed by atoms with van der Waals surface area (Å²) in [7, 11) is 0. The van der Waals surface area contributed by atoms with Crippen molar-refractivity contribution in [1.29, 1.82) is 0 Å². The van der Waals surface area contributed by atoms with Crippen molar-refractivity contribution < 1.29 is 0 Å². The molecule has 0 amide bonds. The first kappa shape index (κ1) is 30.5. The molecule has 0 N–H and O–H groups in total. The number of para-hydroxylation sites is 2. The molecule has 9 aromatic carbocycles. The van der Waals surface area contributed by atoms with E-state index in [1.54, 1.807) is 0 Å². The van der Waals surface area contributed by atoms with E-state index in [2.05, 4.69) is 215 Å². The van der Waals surface area contributed by atoms with Gasteiger partial charge >= 0.3 is 0 Å². The molecule has 0 aliphatic rings. The molecule has 2 heteroatoms. The molecule has 0 aliphatic heterocycles. The molecule has 2 nitrogen and oxygen atoms in total. The number of fused-ring (bicyclic) bond motifs is 7. The molecule has 0 saturated heterocycles. The number of rotatable bonds is 5. The van der Waals surface area contributed by atoms with E-state index < -0.39 is 0 Å². The van der Waals surface area contributed by atoms with E-state index in [-0.39, 0.29) is 0 Å². The monoisotopic (exact) mass is 686 g/mol. The van der Waals surface area contributed by atoms with Gasteiger partial charge < -0.3 is 9.13 Å². The van der Waals surface area contributed by atoms with Crippen molar-refractivity contribution in [2.45, 2.75) is 0 Å². The molecular formula is C52H34N2. The second-order valence-electron chi connectivity index (χ2n) is 14.2. The van der Waals surface area contributed by atoms with E-state index in [4.69, 9.17) is 0 Å². The number of nitrogens with zero attached hydrogens (tertiary/aromatic N) is 2. The lowest BCUT2D eigenvalue weighted by atomic mass is 9.98. The maximum atomic E-state index is 2.40. The molecule has 0 radical (unpaired) electrons. The Morgan fingerprint density at radius 3 is 1.30 bits per heavy atom. The molecule has 0 unspecified atom stereocenters. The Bertz CT molecular complexity index is 3200. The normalized spacial score (nSPS) is 11.7. The summed E-state index contributed by atoms with van der Waals surface area (Å²) in [5.74, 6) is 0. The van der Waals surface area contributed by atoms with Crippen LogP contribution in [0.5, 0.6) is 0 Å². The average Bonchev–Trinajstić information content (AvgIpc) is 3.76. The van der Waals surface area contributed by atoms with Gasteiger partial charge in [-0.2, -0.15) is 0 Å². The molecule has 0 spiro atoms. The Morgan fingerprint density at radius 2 is 0.667 bits per heavy atom. The summed E-state index contributed by atoms with van der Waals surface area (Å²) >= 11 is 0. The van der Waals surface area contributed by atoms with Crippen LogP contribution in [0.2, 0.25) is 0 Å². The minimum Gasteiger partial charge on any atom is -0.309 e. The van der Waals surface area contributed by atoms with Crippen LogP contribution in [0.15, 0.2) is 206 Å². The van der Waals surface area contributed by atoms with Crippen molar-refractivity contribution in [2.75, 3.05) is 0 Å². The van der Waals surface area contributed by atoms with Crippen LogP contribution >= 0.6 is 0 Å². The highest BCUT2D eigenvalue weighted by Crippen LogP contribution is 2.38. The molecule has 54 heavy (non-hydrogen) atoms. The summed E-state index contributed by atoms with van der Waals surface area (Å²) in [4.78, 5) is 0. The smallest absolute Gasteiger partial charge is 0.0541 e. The molecular weight excluding hydrogens is 653 g/mol. The van der Waals surface area contributed by atoms with Crippen LogP contribution in [0.3, 0.4) is 0 Å². The molecule has 0 aliphatic carbocycles. The summed E-state index contributed by atoms with van der Waals surface area (Å²) in [6, 6.07) is 75.2. The Labute approximate surface area is 313 Å². The third-order valence-corrected chi connectivity index (χ3v) is 11.1. The summed E-state index contributed by atoms with van der Waals surface area (Å²) < 4.78 is 4.80. The van der Waals surface area contributed by atoms with Gasteiger partial charge in [-0.05, 0) is 105 Å². The number of hydrogen-bond donors (Lipinski definition) is 0. The topological polar surface area (TPSA) is 9.86 Å². The van der Waals surface area contributed by atoms with Crippen LogP contribution in [0.4, 0.5) is 0 Å². The van der Waals surface area contributed by atoms with Crippen LogP contribution in [0.1, 0.15) is 0 Å². The second-order valence-corrected chi connectivity index (χ2v) is 14.2. The summed E-state index contributed by atoms with van der Waals surface area (Å²) in [5.41, 5.74) is 14.5. The van der Waals surface area contributed by atoms with Crippen molar-refractivity contribution in [3.8, 4) is 44.8 Å². The van der Waals surface area contributed by atoms with Gasteiger partial charge in [0, 0.05) is 32.9 Å². The van der Waals surface area contributed by atoms with Crippen LogP contribution < -0.4 is 0 Å². The molecule has 11 aromatic rings. The second kappa shape index (κ2) is 12.2. The molecule has 0 saturated carbocycles. The van der Waals surface area contributed by atoms with Crippen molar-refractivity contribution in [2.24, 2.45) is 0 Å². The zero-order chi connectivity index (χ0) is 35.6. The van der Waals surface area contributed by atoms with Gasteiger partial charge in [0.2, 0.25) is 0 Å². The summed E-state index contributed by atoms with van der Waals surface area (Å²) in [5, 5.41) is 7.54. The average molecular weight is 687 g/mol. The quantitative estimate of drug-likeness (QED) is 0.171. The fourth-order valence-corrected chi connectivity index (χ4v) is 8.49. The van der Waals surface area contributed by atoms with Gasteiger partial charge in [0.15, 0.2) is 0 Å². The molecule has 2 aromatic heterocycles. The van der Waals surface area contributed by atoms with Crippen LogP contribution in [0.25, 0.3) is 99.1 Å². The van der Waals surface area contributed by atoms with Gasteiger partial charge in [0.25, 0.3) is 0 Å². The van der Waals surface area contributed by atoms with E-state index in [9.17, 15) is 0 Å². The fraction of sp³-hybridized carbons (Fsp3) is 0. The molecule has 0 fully saturated rings. The zero-order valence-electron chi connectivity index (χ0n) is 29.5. The first-order chi connectivity index (χ1) is 26.8. The minimum atomic E-state index is 1.16. The maximum Gasteiger partial charge on any atom is 0.0541 e.